The number of rotatable bonds is 7. The maximum absolute atomic E-state index is 12.6. The van der Waals surface area contributed by atoms with Gasteiger partial charge < -0.3 is 19.9 Å². The molecule has 2 aromatic carbocycles. The van der Waals surface area contributed by atoms with E-state index in [1.165, 1.54) is 11.3 Å². The van der Waals surface area contributed by atoms with E-state index >= 15 is 0 Å². The van der Waals surface area contributed by atoms with Gasteiger partial charge in [-0.15, -0.1) is 0 Å². The van der Waals surface area contributed by atoms with E-state index in [-0.39, 0.29) is 5.91 Å². The van der Waals surface area contributed by atoms with Crippen LogP contribution < -0.4 is 15.0 Å². The van der Waals surface area contributed by atoms with E-state index in [1.54, 1.807) is 0 Å². The van der Waals surface area contributed by atoms with Crippen LogP contribution in [-0.2, 0) is 11.2 Å². The van der Waals surface area contributed by atoms with Crippen LogP contribution in [0.15, 0.2) is 48.5 Å². The van der Waals surface area contributed by atoms with Crippen LogP contribution in [0.5, 0.6) is 5.75 Å². The minimum atomic E-state index is -0.509. The van der Waals surface area contributed by atoms with Gasteiger partial charge in [0.1, 0.15) is 5.75 Å². The number of benzene rings is 2. The average molecular weight is 382 g/mol. The number of hydrogen-bond donors (Lipinski definition) is 1. The van der Waals surface area contributed by atoms with Gasteiger partial charge in [-0.05, 0) is 61.9 Å². The second-order valence-electron chi connectivity index (χ2n) is 7.34. The highest BCUT2D eigenvalue weighted by Crippen LogP contribution is 2.20. The summed E-state index contributed by atoms with van der Waals surface area (Å²) in [6.45, 7) is 8.30. The SMILES string of the molecule is CCc1ccc(O[C@H](CC)C(=O)Nc2ccc(N3CCN(C)CC3)cc2)cc1. The minimum Gasteiger partial charge on any atom is -0.481 e. The van der Waals surface area contributed by atoms with E-state index in [0.29, 0.717) is 6.42 Å². The monoisotopic (exact) mass is 381 g/mol. The lowest BCUT2D eigenvalue weighted by Gasteiger charge is -2.34. The smallest absolute Gasteiger partial charge is 0.265 e. The molecule has 1 fully saturated rings. The van der Waals surface area contributed by atoms with Crippen molar-refractivity contribution in [1.82, 2.24) is 4.90 Å². The summed E-state index contributed by atoms with van der Waals surface area (Å²) >= 11 is 0. The molecule has 1 amide bonds. The number of carbonyl (C=O) groups is 1. The summed E-state index contributed by atoms with van der Waals surface area (Å²) in [5, 5.41) is 2.98. The van der Waals surface area contributed by atoms with Gasteiger partial charge in [0.25, 0.3) is 5.91 Å². The first-order chi connectivity index (χ1) is 13.6. The number of carbonyl (C=O) groups excluding carboxylic acids is 1. The Kier molecular flexibility index (Phi) is 6.93. The largest absolute Gasteiger partial charge is 0.481 e. The summed E-state index contributed by atoms with van der Waals surface area (Å²) in [5.41, 5.74) is 3.25. The molecule has 150 valence electrons. The second kappa shape index (κ2) is 9.60. The molecule has 1 aliphatic heterocycles. The quantitative estimate of drug-likeness (QED) is 0.792. The first kappa shape index (κ1) is 20.2. The van der Waals surface area contributed by atoms with Gasteiger partial charge in [0.15, 0.2) is 6.10 Å². The molecule has 1 saturated heterocycles. The van der Waals surface area contributed by atoms with Gasteiger partial charge >= 0.3 is 0 Å². The minimum absolute atomic E-state index is 0.116. The topological polar surface area (TPSA) is 44.8 Å². The maximum Gasteiger partial charge on any atom is 0.265 e. The van der Waals surface area contributed by atoms with Crippen molar-refractivity contribution in [3.05, 3.63) is 54.1 Å². The van der Waals surface area contributed by atoms with Crippen molar-refractivity contribution in [1.29, 1.82) is 0 Å². The number of nitrogens with zero attached hydrogens (tertiary/aromatic N) is 2. The van der Waals surface area contributed by atoms with Crippen LogP contribution >= 0.6 is 0 Å². The van der Waals surface area contributed by atoms with Crippen molar-refractivity contribution in [2.45, 2.75) is 32.8 Å². The Morgan fingerprint density at radius 3 is 2.21 bits per heavy atom. The first-order valence-corrected chi connectivity index (χ1v) is 10.2. The summed E-state index contributed by atoms with van der Waals surface area (Å²) in [6, 6.07) is 16.0. The highest BCUT2D eigenvalue weighted by molar-refractivity contribution is 5.94. The fourth-order valence-corrected chi connectivity index (χ4v) is 3.33. The molecular weight excluding hydrogens is 350 g/mol. The fraction of sp³-hybridized carbons (Fsp3) is 0.435. The molecule has 0 unspecified atom stereocenters. The molecule has 5 nitrogen and oxygen atoms in total. The van der Waals surface area contributed by atoms with Crippen molar-refractivity contribution in [2.75, 3.05) is 43.4 Å². The molecule has 0 aliphatic carbocycles. The van der Waals surface area contributed by atoms with Crippen molar-refractivity contribution in [3.63, 3.8) is 0 Å². The number of nitrogens with one attached hydrogen (secondary N) is 1. The summed E-state index contributed by atoms with van der Waals surface area (Å²) in [5.74, 6) is 0.610. The van der Waals surface area contributed by atoms with Gasteiger partial charge in [-0.3, -0.25) is 4.79 Å². The molecule has 3 rings (SSSR count). The van der Waals surface area contributed by atoms with Crippen LogP contribution in [0.2, 0.25) is 0 Å². The number of ether oxygens (including phenoxy) is 1. The average Bonchev–Trinajstić information content (AvgIpc) is 2.73. The molecule has 1 atom stereocenters. The van der Waals surface area contributed by atoms with Crippen LogP contribution in [0.25, 0.3) is 0 Å². The number of amides is 1. The molecule has 0 spiro atoms. The Bertz CT molecular complexity index is 750. The standard InChI is InChI=1S/C23H31N3O2/c1-4-18-6-12-21(13-7-18)28-22(5-2)23(27)24-19-8-10-20(11-9-19)26-16-14-25(3)15-17-26/h6-13,22H,4-5,14-17H2,1-3H3,(H,24,27)/t22-/m1/s1. The molecule has 1 N–H and O–H groups in total. The summed E-state index contributed by atoms with van der Waals surface area (Å²) in [6.07, 6.45) is 1.09. The number of piperazine rings is 1. The van der Waals surface area contributed by atoms with Gasteiger partial charge in [0.2, 0.25) is 0 Å². The van der Waals surface area contributed by atoms with Crippen LogP contribution in [-0.4, -0.2) is 50.1 Å². The third-order valence-corrected chi connectivity index (χ3v) is 5.28. The van der Waals surface area contributed by atoms with Crippen molar-refractivity contribution >= 4 is 17.3 Å². The van der Waals surface area contributed by atoms with E-state index in [1.807, 2.05) is 43.3 Å². The van der Waals surface area contributed by atoms with E-state index in [2.05, 4.69) is 41.2 Å². The van der Waals surface area contributed by atoms with Gasteiger partial charge in [-0.25, -0.2) is 0 Å². The third-order valence-electron chi connectivity index (χ3n) is 5.28. The predicted octanol–water partition coefficient (Wildman–Crippen LogP) is 3.80. The summed E-state index contributed by atoms with van der Waals surface area (Å²) < 4.78 is 5.90. The number of anilines is 2. The van der Waals surface area contributed by atoms with E-state index in [9.17, 15) is 4.79 Å². The molecule has 28 heavy (non-hydrogen) atoms. The molecular formula is C23H31N3O2. The summed E-state index contributed by atoms with van der Waals surface area (Å²) in [4.78, 5) is 17.4. The highest BCUT2D eigenvalue weighted by atomic mass is 16.5. The third kappa shape index (κ3) is 5.26. The Balaban J connectivity index is 1.57. The Hall–Kier alpha value is -2.53. The van der Waals surface area contributed by atoms with Crippen LogP contribution in [0, 0.1) is 0 Å². The molecule has 5 heteroatoms. The molecule has 1 heterocycles. The van der Waals surface area contributed by atoms with Gasteiger partial charge in [-0.2, -0.15) is 0 Å². The Morgan fingerprint density at radius 1 is 1.00 bits per heavy atom. The van der Waals surface area contributed by atoms with Gasteiger partial charge in [0.05, 0.1) is 0 Å². The predicted molar refractivity (Wildman–Crippen MR) is 115 cm³/mol. The van der Waals surface area contributed by atoms with Crippen LogP contribution in [0.3, 0.4) is 0 Å². The van der Waals surface area contributed by atoms with E-state index in [4.69, 9.17) is 4.74 Å². The second-order valence-corrected chi connectivity index (χ2v) is 7.34. The van der Waals surface area contributed by atoms with Crippen molar-refractivity contribution in [2.24, 2.45) is 0 Å². The van der Waals surface area contributed by atoms with E-state index in [0.717, 1.165) is 44.0 Å². The molecule has 0 radical (unpaired) electrons. The molecule has 1 aliphatic rings. The zero-order valence-corrected chi connectivity index (χ0v) is 17.1. The molecule has 0 aromatic heterocycles. The first-order valence-electron chi connectivity index (χ1n) is 10.2. The number of hydrogen-bond acceptors (Lipinski definition) is 4. The fourth-order valence-electron chi connectivity index (χ4n) is 3.33. The Labute approximate surface area is 168 Å². The zero-order valence-electron chi connectivity index (χ0n) is 17.1. The van der Waals surface area contributed by atoms with Gasteiger partial charge in [-0.1, -0.05) is 26.0 Å². The van der Waals surface area contributed by atoms with Crippen molar-refractivity contribution in [3.8, 4) is 5.75 Å². The lowest BCUT2D eigenvalue weighted by molar-refractivity contribution is -0.122. The molecule has 2 aromatic rings. The van der Waals surface area contributed by atoms with Gasteiger partial charge in [0, 0.05) is 37.6 Å². The number of likely N-dealkylation sites (N-methyl/N-ethyl adjacent to an activating group) is 1. The normalized spacial score (nSPS) is 15.9. The lowest BCUT2D eigenvalue weighted by atomic mass is 10.1. The number of aryl methyl sites for hydroxylation is 1. The van der Waals surface area contributed by atoms with Crippen molar-refractivity contribution < 1.29 is 9.53 Å². The highest BCUT2D eigenvalue weighted by Gasteiger charge is 2.19. The maximum atomic E-state index is 12.6. The molecule has 0 bridgehead atoms. The van der Waals surface area contributed by atoms with E-state index < -0.39 is 6.10 Å². The zero-order chi connectivity index (χ0) is 19.9. The lowest BCUT2D eigenvalue weighted by Crippen LogP contribution is -2.44. The van der Waals surface area contributed by atoms with Crippen LogP contribution in [0.4, 0.5) is 11.4 Å². The molecule has 0 saturated carbocycles. The summed E-state index contributed by atoms with van der Waals surface area (Å²) in [7, 11) is 2.15. The Morgan fingerprint density at radius 2 is 1.64 bits per heavy atom. The van der Waals surface area contributed by atoms with Crippen LogP contribution in [0.1, 0.15) is 25.8 Å².